The first-order valence-electron chi connectivity index (χ1n) is 9.67. The van der Waals surface area contributed by atoms with Crippen LogP contribution in [0.2, 0.25) is 0 Å². The van der Waals surface area contributed by atoms with Crippen molar-refractivity contribution in [3.8, 4) is 0 Å². The molecule has 158 valence electrons. The fourth-order valence-corrected chi connectivity index (χ4v) is 3.67. The quantitative estimate of drug-likeness (QED) is 0.520. The van der Waals surface area contributed by atoms with Crippen LogP contribution in [0.5, 0.6) is 0 Å². The Morgan fingerprint density at radius 1 is 1.14 bits per heavy atom. The molecular formula is C21H27FN2O5. The topological polar surface area (TPSA) is 107 Å². The fraction of sp³-hybridized carbons (Fsp3) is 0.476. The van der Waals surface area contributed by atoms with E-state index in [-0.39, 0.29) is 24.2 Å². The molecule has 0 spiro atoms. The van der Waals surface area contributed by atoms with E-state index in [0.29, 0.717) is 38.8 Å². The Balaban J connectivity index is 0.000000941. The van der Waals surface area contributed by atoms with Crippen LogP contribution in [0.4, 0.5) is 4.39 Å². The Labute approximate surface area is 169 Å². The van der Waals surface area contributed by atoms with Crippen LogP contribution in [0.15, 0.2) is 36.4 Å². The van der Waals surface area contributed by atoms with Crippen molar-refractivity contribution in [2.45, 2.75) is 44.0 Å². The summed E-state index contributed by atoms with van der Waals surface area (Å²) in [5, 5.41) is 19.9. The number of amides is 2. The van der Waals surface area contributed by atoms with Crippen molar-refractivity contribution in [2.75, 3.05) is 13.1 Å². The lowest BCUT2D eigenvalue weighted by Gasteiger charge is -2.30. The largest absolute Gasteiger partial charge is 0.483 e. The van der Waals surface area contributed by atoms with E-state index in [1.807, 2.05) is 30.3 Å². The second-order valence-electron chi connectivity index (χ2n) is 7.20. The van der Waals surface area contributed by atoms with Crippen molar-refractivity contribution < 1.29 is 29.0 Å². The molecule has 7 nitrogen and oxygen atoms in total. The van der Waals surface area contributed by atoms with Gasteiger partial charge in [0, 0.05) is 25.1 Å². The number of piperidine rings is 1. The van der Waals surface area contributed by atoms with Gasteiger partial charge in [-0.25, -0.2) is 4.39 Å². The number of benzene rings is 1. The molecule has 3 N–H and O–H groups in total. The van der Waals surface area contributed by atoms with E-state index in [9.17, 15) is 19.1 Å². The molecule has 3 rings (SSSR count). The normalized spacial score (nSPS) is 24.6. The van der Waals surface area contributed by atoms with Crippen molar-refractivity contribution >= 4 is 24.4 Å². The van der Waals surface area contributed by atoms with Crippen LogP contribution in [-0.4, -0.2) is 64.8 Å². The summed E-state index contributed by atoms with van der Waals surface area (Å²) in [6.45, 7) is 0.618. The third kappa shape index (κ3) is 6.98. The first-order chi connectivity index (χ1) is 13.9. The molecule has 2 aliphatic rings. The van der Waals surface area contributed by atoms with E-state index in [1.54, 1.807) is 11.0 Å². The van der Waals surface area contributed by atoms with Crippen molar-refractivity contribution in [3.05, 3.63) is 42.0 Å². The number of nitrogens with one attached hydrogen (secondary N) is 1. The molecule has 2 fully saturated rings. The standard InChI is InChI=1S/C20H25FN2O3.CH2O2/c21-16-8-10-23(11-9-16)20(26)15-12-17(18(24)13-15)22-19(25)7-6-14-4-2-1-3-5-14;2-1-3/h1-7,15-18,24H,8-13H2,(H,22,25);1H,(H,2,3)/t15-,17-,18-;/m0./s1. The second kappa shape index (κ2) is 11.3. The van der Waals surface area contributed by atoms with Crippen molar-refractivity contribution in [1.29, 1.82) is 0 Å². The highest BCUT2D eigenvalue weighted by atomic mass is 19.1. The number of carboxylic acid groups (broad SMARTS) is 1. The van der Waals surface area contributed by atoms with Crippen LogP contribution in [0.25, 0.3) is 6.08 Å². The summed E-state index contributed by atoms with van der Waals surface area (Å²) in [6.07, 6.45) is 3.09. The van der Waals surface area contributed by atoms with E-state index in [2.05, 4.69) is 5.32 Å². The van der Waals surface area contributed by atoms with Crippen molar-refractivity contribution in [1.82, 2.24) is 10.2 Å². The molecule has 0 aromatic heterocycles. The SMILES string of the molecule is O=C(C=Cc1ccccc1)N[C@H]1C[C@H](C(=O)N2CCC(F)CC2)C[C@@H]1O.O=CO. The lowest BCUT2D eigenvalue weighted by atomic mass is 10.0. The van der Waals surface area contributed by atoms with Crippen molar-refractivity contribution in [2.24, 2.45) is 5.92 Å². The van der Waals surface area contributed by atoms with Gasteiger partial charge in [-0.2, -0.15) is 0 Å². The summed E-state index contributed by atoms with van der Waals surface area (Å²) in [6, 6.07) is 9.03. The molecule has 1 saturated heterocycles. The number of hydrogen-bond donors (Lipinski definition) is 3. The predicted molar refractivity (Wildman–Crippen MR) is 106 cm³/mol. The summed E-state index contributed by atoms with van der Waals surface area (Å²) in [7, 11) is 0. The van der Waals surface area contributed by atoms with Gasteiger partial charge in [0.2, 0.25) is 11.8 Å². The molecule has 0 radical (unpaired) electrons. The maximum absolute atomic E-state index is 13.2. The smallest absolute Gasteiger partial charge is 0.290 e. The highest BCUT2D eigenvalue weighted by molar-refractivity contribution is 5.92. The first kappa shape index (κ1) is 22.5. The van der Waals surface area contributed by atoms with Gasteiger partial charge < -0.3 is 20.4 Å². The summed E-state index contributed by atoms with van der Waals surface area (Å²) in [4.78, 5) is 34.7. The summed E-state index contributed by atoms with van der Waals surface area (Å²) < 4.78 is 13.2. The Bertz CT molecular complexity index is 704. The van der Waals surface area contributed by atoms with Crippen molar-refractivity contribution in [3.63, 3.8) is 0 Å². The van der Waals surface area contributed by atoms with Crippen LogP contribution in [0, 0.1) is 5.92 Å². The molecule has 1 saturated carbocycles. The van der Waals surface area contributed by atoms with Gasteiger partial charge in [0.15, 0.2) is 0 Å². The number of rotatable bonds is 4. The summed E-state index contributed by atoms with van der Waals surface area (Å²) in [5.74, 6) is -0.638. The molecule has 29 heavy (non-hydrogen) atoms. The molecule has 8 heteroatoms. The average Bonchev–Trinajstić information content (AvgIpc) is 3.08. The van der Waals surface area contributed by atoms with Gasteiger partial charge in [0.1, 0.15) is 6.17 Å². The number of aliphatic hydroxyl groups is 1. The van der Waals surface area contributed by atoms with Gasteiger partial charge in [-0.3, -0.25) is 14.4 Å². The zero-order valence-corrected chi connectivity index (χ0v) is 16.1. The molecule has 0 bridgehead atoms. The fourth-order valence-electron chi connectivity index (χ4n) is 3.67. The third-order valence-corrected chi connectivity index (χ3v) is 5.17. The first-order valence-corrected chi connectivity index (χ1v) is 9.67. The second-order valence-corrected chi connectivity index (χ2v) is 7.20. The molecule has 1 heterocycles. The maximum Gasteiger partial charge on any atom is 0.290 e. The predicted octanol–water partition coefficient (Wildman–Crippen LogP) is 1.62. The van der Waals surface area contributed by atoms with Crippen LogP contribution in [0.3, 0.4) is 0 Å². The van der Waals surface area contributed by atoms with Gasteiger partial charge in [0.25, 0.3) is 6.47 Å². The zero-order chi connectivity index (χ0) is 21.2. The van der Waals surface area contributed by atoms with Crippen LogP contribution in [0.1, 0.15) is 31.2 Å². The minimum absolute atomic E-state index is 0.0347. The number of carbonyl (C=O) groups excluding carboxylic acids is 2. The van der Waals surface area contributed by atoms with Crippen LogP contribution < -0.4 is 5.32 Å². The van der Waals surface area contributed by atoms with Gasteiger partial charge in [-0.05, 0) is 37.3 Å². The van der Waals surface area contributed by atoms with Gasteiger partial charge in [-0.15, -0.1) is 0 Å². The molecule has 3 atom stereocenters. The molecule has 1 aliphatic heterocycles. The number of carbonyl (C=O) groups is 3. The minimum atomic E-state index is -0.823. The Hall–Kier alpha value is -2.74. The van der Waals surface area contributed by atoms with E-state index in [1.165, 1.54) is 6.08 Å². The highest BCUT2D eigenvalue weighted by Crippen LogP contribution is 2.29. The number of hydrogen-bond acceptors (Lipinski definition) is 4. The molecule has 1 aliphatic carbocycles. The third-order valence-electron chi connectivity index (χ3n) is 5.17. The van der Waals surface area contributed by atoms with E-state index in [0.717, 1.165) is 5.56 Å². The van der Waals surface area contributed by atoms with Gasteiger partial charge >= 0.3 is 0 Å². The van der Waals surface area contributed by atoms with Crippen LogP contribution in [-0.2, 0) is 14.4 Å². The number of aliphatic hydroxyl groups excluding tert-OH is 1. The summed E-state index contributed by atoms with van der Waals surface area (Å²) in [5.41, 5.74) is 0.916. The number of likely N-dealkylation sites (tertiary alicyclic amines) is 1. The van der Waals surface area contributed by atoms with Gasteiger partial charge in [0.05, 0.1) is 12.1 Å². The maximum atomic E-state index is 13.2. The summed E-state index contributed by atoms with van der Waals surface area (Å²) >= 11 is 0. The van der Waals surface area contributed by atoms with E-state index >= 15 is 0 Å². The lowest BCUT2D eigenvalue weighted by molar-refractivity contribution is -0.137. The molecule has 0 unspecified atom stereocenters. The highest BCUT2D eigenvalue weighted by Gasteiger charge is 2.39. The lowest BCUT2D eigenvalue weighted by Crippen LogP contribution is -2.42. The number of nitrogens with zero attached hydrogens (tertiary/aromatic N) is 1. The van der Waals surface area contributed by atoms with Gasteiger partial charge in [-0.1, -0.05) is 30.3 Å². The average molecular weight is 406 g/mol. The molecule has 1 aromatic rings. The number of alkyl halides is 1. The Morgan fingerprint density at radius 2 is 1.76 bits per heavy atom. The monoisotopic (exact) mass is 406 g/mol. The van der Waals surface area contributed by atoms with E-state index in [4.69, 9.17) is 9.90 Å². The molecular weight excluding hydrogens is 379 g/mol. The van der Waals surface area contributed by atoms with Crippen LogP contribution >= 0.6 is 0 Å². The van der Waals surface area contributed by atoms with E-state index < -0.39 is 18.3 Å². The number of halogens is 1. The minimum Gasteiger partial charge on any atom is -0.483 e. The molecule has 1 aromatic carbocycles. The zero-order valence-electron chi connectivity index (χ0n) is 16.1. The Kier molecular flexibility index (Phi) is 8.79. The molecule has 2 amide bonds. The Morgan fingerprint density at radius 3 is 2.38 bits per heavy atom.